The fourth-order valence-electron chi connectivity index (χ4n) is 3.27. The molecule has 0 atom stereocenters. The van der Waals surface area contributed by atoms with E-state index in [0.717, 1.165) is 24.3 Å². The fraction of sp³-hybridized carbons (Fsp3) is 0.667. The first-order chi connectivity index (χ1) is 9.54. The zero-order chi connectivity index (χ0) is 14.2. The Morgan fingerprint density at radius 1 is 1.00 bits per heavy atom. The summed E-state index contributed by atoms with van der Waals surface area (Å²) >= 11 is 0. The van der Waals surface area contributed by atoms with Crippen LogP contribution in [0, 0.1) is 17.8 Å². The van der Waals surface area contributed by atoms with E-state index in [1.807, 2.05) is 0 Å². The topological polar surface area (TPSA) is 12.0 Å². The first-order valence-electron chi connectivity index (χ1n) is 8.34. The minimum absolute atomic E-state index is 0.983. The minimum Gasteiger partial charge on any atom is -0.312 e. The van der Waals surface area contributed by atoms with E-state index < -0.39 is 8.07 Å². The monoisotopic (exact) mass is 287 g/mol. The number of rotatable bonds is 7. The predicted octanol–water partition coefficient (Wildman–Crippen LogP) is 3.76. The molecule has 0 radical (unpaired) electrons. The number of hydrogen-bond acceptors (Lipinski definition) is 1. The standard InChI is InChI=1S/C18H29NSi/c1-20(2,3)17-10-4-14(5-11-17)12-19-13-18(15-6-7-15)16-8-9-16/h4-5,10-11,15-16,18-19H,6-9,12-13H2,1-3H3. The van der Waals surface area contributed by atoms with Crippen molar-refractivity contribution < 1.29 is 0 Å². The van der Waals surface area contributed by atoms with Crippen LogP contribution in [0.4, 0.5) is 0 Å². The van der Waals surface area contributed by atoms with Crippen LogP contribution in [0.2, 0.25) is 19.6 Å². The van der Waals surface area contributed by atoms with Gasteiger partial charge in [-0.2, -0.15) is 0 Å². The maximum atomic E-state index is 3.71. The van der Waals surface area contributed by atoms with Gasteiger partial charge in [-0.1, -0.05) is 49.1 Å². The molecule has 0 aromatic heterocycles. The van der Waals surface area contributed by atoms with Crippen molar-refractivity contribution in [1.29, 1.82) is 0 Å². The molecular weight excluding hydrogens is 258 g/mol. The van der Waals surface area contributed by atoms with E-state index in [1.165, 1.54) is 37.8 Å². The van der Waals surface area contributed by atoms with Crippen LogP contribution in [0.25, 0.3) is 0 Å². The Labute approximate surface area is 125 Å². The summed E-state index contributed by atoms with van der Waals surface area (Å²) in [5.74, 6) is 3.10. The number of nitrogens with one attached hydrogen (secondary N) is 1. The second kappa shape index (κ2) is 5.65. The van der Waals surface area contributed by atoms with E-state index in [-0.39, 0.29) is 0 Å². The van der Waals surface area contributed by atoms with Gasteiger partial charge in [0.1, 0.15) is 0 Å². The quantitative estimate of drug-likeness (QED) is 0.753. The first kappa shape index (κ1) is 14.3. The van der Waals surface area contributed by atoms with Crippen LogP contribution in [-0.4, -0.2) is 14.6 Å². The molecular formula is C18H29NSi. The molecule has 0 bridgehead atoms. The molecule has 2 fully saturated rings. The van der Waals surface area contributed by atoms with Gasteiger partial charge >= 0.3 is 0 Å². The van der Waals surface area contributed by atoms with E-state index in [4.69, 9.17) is 0 Å². The SMILES string of the molecule is C[Si](C)(C)c1ccc(CNCC(C2CC2)C2CC2)cc1. The van der Waals surface area contributed by atoms with Gasteiger partial charge in [0.25, 0.3) is 0 Å². The molecule has 1 aromatic rings. The average Bonchev–Trinajstić information content (AvgIpc) is 3.27. The Hall–Kier alpha value is -0.603. The van der Waals surface area contributed by atoms with Gasteiger partial charge in [0, 0.05) is 6.54 Å². The zero-order valence-corrected chi connectivity index (χ0v) is 14.3. The summed E-state index contributed by atoms with van der Waals surface area (Å²) in [6.07, 6.45) is 5.98. The van der Waals surface area contributed by atoms with E-state index >= 15 is 0 Å². The van der Waals surface area contributed by atoms with E-state index in [1.54, 1.807) is 5.19 Å². The second-order valence-electron chi connectivity index (χ2n) is 7.92. The third-order valence-electron chi connectivity index (χ3n) is 4.98. The van der Waals surface area contributed by atoms with Crippen LogP contribution >= 0.6 is 0 Å². The lowest BCUT2D eigenvalue weighted by atomic mass is 9.98. The summed E-state index contributed by atoms with van der Waals surface area (Å²) in [6, 6.07) is 9.35. The molecule has 2 heteroatoms. The molecule has 3 rings (SSSR count). The Balaban J connectivity index is 1.48. The van der Waals surface area contributed by atoms with E-state index in [0.29, 0.717) is 0 Å². The molecule has 20 heavy (non-hydrogen) atoms. The molecule has 1 N–H and O–H groups in total. The zero-order valence-electron chi connectivity index (χ0n) is 13.3. The molecule has 0 saturated heterocycles. The van der Waals surface area contributed by atoms with Crippen molar-refractivity contribution in [2.24, 2.45) is 17.8 Å². The van der Waals surface area contributed by atoms with Crippen molar-refractivity contribution >= 4 is 13.3 Å². The van der Waals surface area contributed by atoms with Crippen molar-refractivity contribution in [3.63, 3.8) is 0 Å². The molecule has 0 amide bonds. The lowest BCUT2D eigenvalue weighted by Crippen LogP contribution is -2.37. The molecule has 0 aliphatic heterocycles. The van der Waals surface area contributed by atoms with Crippen LogP contribution in [0.1, 0.15) is 31.2 Å². The lowest BCUT2D eigenvalue weighted by molar-refractivity contribution is 0.378. The molecule has 1 nitrogen and oxygen atoms in total. The highest BCUT2D eigenvalue weighted by molar-refractivity contribution is 6.88. The maximum Gasteiger partial charge on any atom is 0.0775 e. The Kier molecular flexibility index (Phi) is 4.05. The largest absolute Gasteiger partial charge is 0.312 e. The van der Waals surface area contributed by atoms with Crippen molar-refractivity contribution in [1.82, 2.24) is 5.32 Å². The van der Waals surface area contributed by atoms with Gasteiger partial charge in [-0.25, -0.2) is 0 Å². The van der Waals surface area contributed by atoms with Gasteiger partial charge in [-0.3, -0.25) is 0 Å². The highest BCUT2D eigenvalue weighted by Crippen LogP contribution is 2.48. The second-order valence-corrected chi connectivity index (χ2v) is 13.0. The smallest absolute Gasteiger partial charge is 0.0775 e. The molecule has 2 saturated carbocycles. The van der Waals surface area contributed by atoms with Gasteiger partial charge < -0.3 is 5.32 Å². The molecule has 1 aromatic carbocycles. The van der Waals surface area contributed by atoms with Crippen molar-refractivity contribution in [3.05, 3.63) is 29.8 Å². The van der Waals surface area contributed by atoms with E-state index in [2.05, 4.69) is 49.2 Å². The predicted molar refractivity (Wildman–Crippen MR) is 90.1 cm³/mol. The molecule has 2 aliphatic rings. The maximum absolute atomic E-state index is 3.71. The van der Waals surface area contributed by atoms with Gasteiger partial charge in [0.2, 0.25) is 0 Å². The van der Waals surface area contributed by atoms with E-state index in [9.17, 15) is 0 Å². The average molecular weight is 288 g/mol. The van der Waals surface area contributed by atoms with Crippen LogP contribution in [-0.2, 0) is 6.54 Å². The Bertz CT molecular complexity index is 425. The summed E-state index contributed by atoms with van der Waals surface area (Å²) in [6.45, 7) is 9.52. The third kappa shape index (κ3) is 3.73. The summed E-state index contributed by atoms with van der Waals surface area (Å²) in [7, 11) is -1.14. The molecule has 0 heterocycles. The van der Waals surface area contributed by atoms with Gasteiger partial charge in [0.05, 0.1) is 8.07 Å². The van der Waals surface area contributed by atoms with Crippen molar-refractivity contribution in [2.45, 2.75) is 51.9 Å². The van der Waals surface area contributed by atoms with Crippen LogP contribution in [0.5, 0.6) is 0 Å². The molecule has 110 valence electrons. The molecule has 2 aliphatic carbocycles. The molecule has 0 spiro atoms. The highest BCUT2D eigenvalue weighted by atomic mass is 28.3. The fourth-order valence-corrected chi connectivity index (χ4v) is 4.44. The van der Waals surface area contributed by atoms with Gasteiger partial charge in [0.15, 0.2) is 0 Å². The molecule has 0 unspecified atom stereocenters. The van der Waals surface area contributed by atoms with Crippen LogP contribution in [0.3, 0.4) is 0 Å². The van der Waals surface area contributed by atoms with Gasteiger partial charge in [-0.15, -0.1) is 0 Å². The third-order valence-corrected chi connectivity index (χ3v) is 7.05. The summed E-state index contributed by atoms with van der Waals surface area (Å²) in [5, 5.41) is 5.28. The van der Waals surface area contributed by atoms with Gasteiger partial charge in [-0.05, 0) is 55.5 Å². The Morgan fingerprint density at radius 3 is 2.00 bits per heavy atom. The number of benzene rings is 1. The minimum atomic E-state index is -1.14. The summed E-state index contributed by atoms with van der Waals surface area (Å²) in [4.78, 5) is 0. The first-order valence-corrected chi connectivity index (χ1v) is 11.8. The number of hydrogen-bond donors (Lipinski definition) is 1. The summed E-state index contributed by atoms with van der Waals surface area (Å²) in [5.41, 5.74) is 1.44. The normalized spacial score (nSPS) is 19.6. The van der Waals surface area contributed by atoms with Crippen LogP contribution in [0.15, 0.2) is 24.3 Å². The van der Waals surface area contributed by atoms with Crippen molar-refractivity contribution in [3.8, 4) is 0 Å². The lowest BCUT2D eigenvalue weighted by Gasteiger charge is -2.18. The summed E-state index contributed by atoms with van der Waals surface area (Å²) < 4.78 is 0. The highest BCUT2D eigenvalue weighted by Gasteiger charge is 2.40. The Morgan fingerprint density at radius 2 is 1.55 bits per heavy atom. The van der Waals surface area contributed by atoms with Crippen LogP contribution < -0.4 is 10.5 Å². The van der Waals surface area contributed by atoms with Crippen molar-refractivity contribution in [2.75, 3.05) is 6.54 Å².